The van der Waals surface area contributed by atoms with E-state index >= 15 is 0 Å². The number of carbonyl (C=O) groups excluding carboxylic acids is 1. The number of carbonyl (C=O) groups is 1. The van der Waals surface area contributed by atoms with Crippen LogP contribution in [0.3, 0.4) is 0 Å². The Kier molecular flexibility index (Phi) is 5.40. The quantitative estimate of drug-likeness (QED) is 0.897. The van der Waals surface area contributed by atoms with Gasteiger partial charge in [-0.2, -0.15) is 13.2 Å². The Morgan fingerprint density at radius 3 is 2.59 bits per heavy atom. The van der Waals surface area contributed by atoms with Crippen LogP contribution in [0, 0.1) is 0 Å². The minimum atomic E-state index is -4.49. The Bertz CT molecular complexity index is 563. The zero-order valence-corrected chi connectivity index (χ0v) is 12.5. The van der Waals surface area contributed by atoms with Gasteiger partial charge in [-0.15, -0.1) is 0 Å². The molecule has 0 radical (unpaired) electrons. The topological polar surface area (TPSA) is 77.2 Å². The Morgan fingerprint density at radius 1 is 1.41 bits per heavy atom. The fourth-order valence-electron chi connectivity index (χ4n) is 1.42. The van der Waals surface area contributed by atoms with Crippen molar-refractivity contribution in [3.8, 4) is 0 Å². The molecule has 5 nitrogen and oxygen atoms in total. The second-order valence-corrected chi connectivity index (χ2v) is 5.48. The van der Waals surface area contributed by atoms with E-state index in [-0.39, 0.29) is 17.9 Å². The van der Waals surface area contributed by atoms with E-state index in [2.05, 4.69) is 10.3 Å². The lowest BCUT2D eigenvalue weighted by atomic mass is 10.1. The molecular formula is C14H18F3N3O2. The predicted molar refractivity (Wildman–Crippen MR) is 76.9 cm³/mol. The summed E-state index contributed by atoms with van der Waals surface area (Å²) < 4.78 is 42.7. The summed E-state index contributed by atoms with van der Waals surface area (Å²) in [5.41, 5.74) is 4.13. The van der Waals surface area contributed by atoms with E-state index in [0.717, 1.165) is 6.07 Å². The molecule has 0 spiro atoms. The highest BCUT2D eigenvalue weighted by molar-refractivity contribution is 5.68. The number of hydrogen-bond donors (Lipinski definition) is 2. The summed E-state index contributed by atoms with van der Waals surface area (Å²) in [6.07, 6.45) is -1.62. The summed E-state index contributed by atoms with van der Waals surface area (Å²) >= 11 is 0. The molecule has 3 N–H and O–H groups in total. The number of ether oxygens (including phenoxy) is 1. The van der Waals surface area contributed by atoms with E-state index in [1.807, 2.05) is 0 Å². The molecule has 0 unspecified atom stereocenters. The van der Waals surface area contributed by atoms with E-state index < -0.39 is 23.4 Å². The van der Waals surface area contributed by atoms with Crippen molar-refractivity contribution in [1.29, 1.82) is 0 Å². The van der Waals surface area contributed by atoms with Crippen molar-refractivity contribution in [2.45, 2.75) is 32.5 Å². The second-order valence-electron chi connectivity index (χ2n) is 5.48. The molecule has 8 heteroatoms. The summed E-state index contributed by atoms with van der Waals surface area (Å²) in [6.45, 7) is 5.25. The lowest BCUT2D eigenvalue weighted by Crippen LogP contribution is -2.32. The van der Waals surface area contributed by atoms with Crippen molar-refractivity contribution in [3.63, 3.8) is 0 Å². The Balaban J connectivity index is 2.65. The lowest BCUT2D eigenvalue weighted by molar-refractivity contribution is -0.137. The third-order valence-electron chi connectivity index (χ3n) is 2.34. The summed E-state index contributed by atoms with van der Waals surface area (Å²) in [4.78, 5) is 14.9. The molecule has 0 bridgehead atoms. The molecule has 1 rings (SSSR count). The molecule has 0 saturated carbocycles. The summed E-state index contributed by atoms with van der Waals surface area (Å²) in [5.74, 6) is -0.0264. The van der Waals surface area contributed by atoms with Gasteiger partial charge in [0, 0.05) is 18.3 Å². The molecule has 1 aromatic rings. The first-order chi connectivity index (χ1) is 9.99. The maximum absolute atomic E-state index is 12.6. The average molecular weight is 317 g/mol. The summed E-state index contributed by atoms with van der Waals surface area (Å²) in [6, 6.07) is 0.895. The molecule has 0 saturated heterocycles. The Morgan fingerprint density at radius 2 is 2.05 bits per heavy atom. The molecule has 0 aliphatic heterocycles. The number of nitrogens with two attached hydrogens (primary N) is 1. The summed E-state index contributed by atoms with van der Waals surface area (Å²) in [5, 5.41) is 2.44. The third kappa shape index (κ3) is 6.02. The van der Waals surface area contributed by atoms with E-state index in [1.165, 1.54) is 12.2 Å². The van der Waals surface area contributed by atoms with E-state index in [0.29, 0.717) is 6.20 Å². The molecule has 0 atom stereocenters. The Labute approximate surface area is 126 Å². The van der Waals surface area contributed by atoms with Crippen molar-refractivity contribution in [3.05, 3.63) is 29.5 Å². The number of pyridine rings is 1. The number of alkyl carbamates (subject to hydrolysis) is 1. The van der Waals surface area contributed by atoms with Gasteiger partial charge in [-0.1, -0.05) is 12.2 Å². The third-order valence-corrected chi connectivity index (χ3v) is 2.34. The molecule has 1 aromatic heterocycles. The number of halogens is 3. The number of rotatable bonds is 3. The number of alkyl halides is 3. The van der Waals surface area contributed by atoms with Gasteiger partial charge in [-0.05, 0) is 26.8 Å². The van der Waals surface area contributed by atoms with Crippen LogP contribution in [0.2, 0.25) is 0 Å². The van der Waals surface area contributed by atoms with Crippen LogP contribution in [-0.2, 0) is 10.9 Å². The average Bonchev–Trinajstić information content (AvgIpc) is 2.33. The lowest BCUT2D eigenvalue weighted by Gasteiger charge is -2.19. The van der Waals surface area contributed by atoms with Crippen LogP contribution in [0.1, 0.15) is 31.9 Å². The first-order valence-corrected chi connectivity index (χ1v) is 6.45. The van der Waals surface area contributed by atoms with Crippen molar-refractivity contribution < 1.29 is 22.7 Å². The number of anilines is 1. The highest BCUT2D eigenvalue weighted by Crippen LogP contribution is 2.30. The highest BCUT2D eigenvalue weighted by Gasteiger charge is 2.31. The number of amides is 1. The van der Waals surface area contributed by atoms with E-state index in [1.54, 1.807) is 20.8 Å². The standard InChI is InChI=1S/C14H18F3N3O2/c1-13(2,3)22-12(21)19-6-4-5-9-7-10(14(15,16)17)8-20-11(9)18/h4-5,7-8H,6H2,1-3H3,(H2,18,20)(H,19,21). The zero-order valence-electron chi connectivity index (χ0n) is 12.5. The first kappa shape index (κ1) is 17.8. The maximum Gasteiger partial charge on any atom is 0.417 e. The molecule has 0 aliphatic rings. The van der Waals surface area contributed by atoms with Gasteiger partial charge in [0.05, 0.1) is 5.56 Å². The number of nitrogen functional groups attached to an aromatic ring is 1. The van der Waals surface area contributed by atoms with Crippen LogP contribution in [0.25, 0.3) is 6.08 Å². The van der Waals surface area contributed by atoms with Crippen LogP contribution in [-0.4, -0.2) is 23.2 Å². The minimum absolute atomic E-state index is 0.0264. The fourth-order valence-corrected chi connectivity index (χ4v) is 1.42. The normalized spacial score (nSPS) is 12.5. The molecule has 122 valence electrons. The van der Waals surface area contributed by atoms with Crippen LogP contribution in [0.5, 0.6) is 0 Å². The fraction of sp³-hybridized carbons (Fsp3) is 0.429. The summed E-state index contributed by atoms with van der Waals surface area (Å²) in [7, 11) is 0. The molecular weight excluding hydrogens is 299 g/mol. The van der Waals surface area contributed by atoms with Crippen molar-refractivity contribution in [2.75, 3.05) is 12.3 Å². The largest absolute Gasteiger partial charge is 0.444 e. The molecule has 22 heavy (non-hydrogen) atoms. The van der Waals surface area contributed by atoms with Crippen LogP contribution in [0.4, 0.5) is 23.8 Å². The number of nitrogens with zero attached hydrogens (tertiary/aromatic N) is 1. The molecule has 0 aliphatic carbocycles. The zero-order chi connectivity index (χ0) is 17.0. The highest BCUT2D eigenvalue weighted by atomic mass is 19.4. The van der Waals surface area contributed by atoms with Crippen molar-refractivity contribution in [1.82, 2.24) is 10.3 Å². The molecule has 1 amide bonds. The van der Waals surface area contributed by atoms with Crippen LogP contribution >= 0.6 is 0 Å². The minimum Gasteiger partial charge on any atom is -0.444 e. The van der Waals surface area contributed by atoms with Gasteiger partial charge in [0.25, 0.3) is 0 Å². The second kappa shape index (κ2) is 6.67. The predicted octanol–water partition coefficient (Wildman–Crippen LogP) is 3.22. The van der Waals surface area contributed by atoms with Gasteiger partial charge < -0.3 is 15.8 Å². The van der Waals surface area contributed by atoms with Gasteiger partial charge in [-0.3, -0.25) is 0 Å². The number of nitrogens with one attached hydrogen (secondary N) is 1. The smallest absolute Gasteiger partial charge is 0.417 e. The molecule has 1 heterocycles. The SMILES string of the molecule is CC(C)(C)OC(=O)NCC=Cc1cc(C(F)(F)F)cnc1N. The maximum atomic E-state index is 12.6. The molecule has 0 aromatic carbocycles. The van der Waals surface area contributed by atoms with Gasteiger partial charge >= 0.3 is 12.3 Å². The van der Waals surface area contributed by atoms with Gasteiger partial charge in [0.1, 0.15) is 11.4 Å². The van der Waals surface area contributed by atoms with E-state index in [9.17, 15) is 18.0 Å². The first-order valence-electron chi connectivity index (χ1n) is 6.45. The van der Waals surface area contributed by atoms with Gasteiger partial charge in [-0.25, -0.2) is 9.78 Å². The number of aromatic nitrogens is 1. The number of hydrogen-bond acceptors (Lipinski definition) is 4. The molecule has 0 fully saturated rings. The van der Waals surface area contributed by atoms with Crippen LogP contribution in [0.15, 0.2) is 18.3 Å². The van der Waals surface area contributed by atoms with Gasteiger partial charge in [0.2, 0.25) is 0 Å². The monoisotopic (exact) mass is 317 g/mol. The van der Waals surface area contributed by atoms with Crippen LogP contribution < -0.4 is 11.1 Å². The van der Waals surface area contributed by atoms with Crippen molar-refractivity contribution in [2.24, 2.45) is 0 Å². The van der Waals surface area contributed by atoms with E-state index in [4.69, 9.17) is 10.5 Å². The van der Waals surface area contributed by atoms with Crippen molar-refractivity contribution >= 4 is 18.0 Å². The Hall–Kier alpha value is -2.25. The van der Waals surface area contributed by atoms with Gasteiger partial charge in [0.15, 0.2) is 0 Å².